The van der Waals surface area contributed by atoms with Gasteiger partial charge in [-0.05, 0) is 25.3 Å². The summed E-state index contributed by atoms with van der Waals surface area (Å²) >= 11 is 0. The molecule has 0 aliphatic carbocycles. The van der Waals surface area contributed by atoms with Crippen molar-refractivity contribution in [3.05, 3.63) is 11.8 Å². The molecule has 5 nitrogen and oxygen atoms in total. The average molecular weight is 275 g/mol. The number of aromatic nitrogens is 2. The first-order valence-electron chi connectivity index (χ1n) is 7.57. The Balaban J connectivity index is 1.85. The molecule has 3 heterocycles. The van der Waals surface area contributed by atoms with E-state index in [0.29, 0.717) is 12.0 Å². The van der Waals surface area contributed by atoms with Crippen LogP contribution in [0.1, 0.15) is 39.3 Å². The molecule has 1 aromatic heterocycles. The van der Waals surface area contributed by atoms with Crippen LogP contribution in [0.3, 0.4) is 0 Å². The molecule has 0 unspecified atom stereocenters. The van der Waals surface area contributed by atoms with Crippen molar-refractivity contribution in [3.8, 4) is 0 Å². The van der Waals surface area contributed by atoms with Crippen LogP contribution in [0.2, 0.25) is 0 Å². The monoisotopic (exact) mass is 275 g/mol. The van der Waals surface area contributed by atoms with E-state index in [-0.39, 0.29) is 5.41 Å². The Bertz CT molecular complexity index is 480. The normalized spacial score (nSPS) is 26.6. The van der Waals surface area contributed by atoms with E-state index in [1.165, 1.54) is 12.8 Å². The number of hydrogen-bond acceptors (Lipinski definition) is 5. The van der Waals surface area contributed by atoms with E-state index in [4.69, 9.17) is 5.73 Å². The molecule has 3 rings (SSSR count). The molecule has 20 heavy (non-hydrogen) atoms. The Kier molecular flexibility index (Phi) is 3.32. The average Bonchev–Trinajstić information content (AvgIpc) is 2.80. The van der Waals surface area contributed by atoms with Gasteiger partial charge in [-0.1, -0.05) is 20.8 Å². The highest BCUT2D eigenvalue weighted by Crippen LogP contribution is 2.30. The highest BCUT2D eigenvalue weighted by atomic mass is 15.3. The van der Waals surface area contributed by atoms with Crippen molar-refractivity contribution in [2.24, 2.45) is 5.92 Å². The SMILES string of the molecule is CC(C)(C)c1cc(N2C[C@H]3CCCN[C@H]3C2)nc(N)n1. The van der Waals surface area contributed by atoms with Gasteiger partial charge in [-0.15, -0.1) is 0 Å². The van der Waals surface area contributed by atoms with Crippen molar-refractivity contribution in [1.29, 1.82) is 0 Å². The number of rotatable bonds is 1. The molecule has 2 aliphatic heterocycles. The first kappa shape index (κ1) is 13.6. The second kappa shape index (κ2) is 4.88. The zero-order chi connectivity index (χ0) is 14.3. The highest BCUT2D eigenvalue weighted by molar-refractivity contribution is 5.46. The Morgan fingerprint density at radius 1 is 1.30 bits per heavy atom. The molecule has 0 radical (unpaired) electrons. The van der Waals surface area contributed by atoms with Gasteiger partial charge in [0.25, 0.3) is 0 Å². The Hall–Kier alpha value is -1.36. The van der Waals surface area contributed by atoms with E-state index >= 15 is 0 Å². The fraction of sp³-hybridized carbons (Fsp3) is 0.733. The maximum Gasteiger partial charge on any atom is 0.222 e. The van der Waals surface area contributed by atoms with Crippen LogP contribution in [-0.4, -0.2) is 35.6 Å². The van der Waals surface area contributed by atoms with Gasteiger partial charge in [-0.2, -0.15) is 4.98 Å². The van der Waals surface area contributed by atoms with E-state index in [0.717, 1.165) is 37.1 Å². The standard InChI is InChI=1S/C15H25N5/c1-15(2,3)12-7-13(19-14(16)18-12)20-8-10-5-4-6-17-11(10)9-20/h7,10-11,17H,4-6,8-9H2,1-3H3,(H2,16,18,19)/t10-,11+/m1/s1. The van der Waals surface area contributed by atoms with Gasteiger partial charge in [-0.3, -0.25) is 0 Å². The Morgan fingerprint density at radius 2 is 2.10 bits per heavy atom. The zero-order valence-corrected chi connectivity index (χ0v) is 12.7. The van der Waals surface area contributed by atoms with Gasteiger partial charge in [0.15, 0.2) is 0 Å². The predicted octanol–water partition coefficient (Wildman–Crippen LogP) is 1.54. The molecule has 2 atom stereocenters. The van der Waals surface area contributed by atoms with Crippen LogP contribution >= 0.6 is 0 Å². The van der Waals surface area contributed by atoms with Crippen LogP contribution in [0, 0.1) is 5.92 Å². The van der Waals surface area contributed by atoms with Crippen LogP contribution < -0.4 is 16.0 Å². The van der Waals surface area contributed by atoms with Crippen LogP contribution in [-0.2, 0) is 5.41 Å². The molecule has 0 saturated carbocycles. The topological polar surface area (TPSA) is 67.1 Å². The molecule has 2 fully saturated rings. The van der Waals surface area contributed by atoms with Crippen molar-refractivity contribution in [3.63, 3.8) is 0 Å². The molecule has 2 saturated heterocycles. The van der Waals surface area contributed by atoms with Gasteiger partial charge in [0.05, 0.1) is 5.69 Å². The lowest BCUT2D eigenvalue weighted by Crippen LogP contribution is -2.40. The minimum Gasteiger partial charge on any atom is -0.368 e. The fourth-order valence-electron chi connectivity index (χ4n) is 3.23. The van der Waals surface area contributed by atoms with Crippen molar-refractivity contribution in [2.75, 3.05) is 30.3 Å². The van der Waals surface area contributed by atoms with Gasteiger partial charge in [0.1, 0.15) is 5.82 Å². The summed E-state index contributed by atoms with van der Waals surface area (Å²) in [5.74, 6) is 2.12. The third kappa shape index (κ3) is 2.59. The van der Waals surface area contributed by atoms with Gasteiger partial charge in [0.2, 0.25) is 5.95 Å². The van der Waals surface area contributed by atoms with E-state index in [9.17, 15) is 0 Å². The second-order valence-corrected chi connectivity index (χ2v) is 7.09. The van der Waals surface area contributed by atoms with Crippen LogP contribution in [0.5, 0.6) is 0 Å². The molecular weight excluding hydrogens is 250 g/mol. The van der Waals surface area contributed by atoms with Gasteiger partial charge in [-0.25, -0.2) is 4.98 Å². The summed E-state index contributed by atoms with van der Waals surface area (Å²) in [6, 6.07) is 2.71. The quantitative estimate of drug-likeness (QED) is 0.814. The number of nitrogens with one attached hydrogen (secondary N) is 1. The number of fused-ring (bicyclic) bond motifs is 1. The molecule has 110 valence electrons. The number of hydrogen-bond donors (Lipinski definition) is 2. The Labute approximate surface area is 121 Å². The predicted molar refractivity (Wildman–Crippen MR) is 81.9 cm³/mol. The lowest BCUT2D eigenvalue weighted by molar-refractivity contribution is 0.340. The molecule has 0 aromatic carbocycles. The summed E-state index contributed by atoms with van der Waals surface area (Å²) in [6.07, 6.45) is 2.61. The minimum absolute atomic E-state index is 0.00343. The summed E-state index contributed by atoms with van der Waals surface area (Å²) in [4.78, 5) is 11.2. The molecule has 0 spiro atoms. The van der Waals surface area contributed by atoms with Gasteiger partial charge in [0, 0.05) is 30.6 Å². The van der Waals surface area contributed by atoms with Crippen molar-refractivity contribution >= 4 is 11.8 Å². The van der Waals surface area contributed by atoms with Gasteiger partial charge >= 0.3 is 0 Å². The highest BCUT2D eigenvalue weighted by Gasteiger charge is 2.35. The summed E-state index contributed by atoms with van der Waals surface area (Å²) < 4.78 is 0. The molecular formula is C15H25N5. The maximum absolute atomic E-state index is 5.91. The molecule has 2 aliphatic rings. The third-order valence-electron chi connectivity index (χ3n) is 4.42. The smallest absolute Gasteiger partial charge is 0.222 e. The van der Waals surface area contributed by atoms with E-state index in [1.54, 1.807) is 0 Å². The minimum atomic E-state index is -0.00343. The fourth-order valence-corrected chi connectivity index (χ4v) is 3.23. The van der Waals surface area contributed by atoms with Crippen LogP contribution in [0.4, 0.5) is 11.8 Å². The molecule has 3 N–H and O–H groups in total. The largest absolute Gasteiger partial charge is 0.368 e. The van der Waals surface area contributed by atoms with Crippen LogP contribution in [0.15, 0.2) is 6.07 Å². The molecule has 0 bridgehead atoms. The van der Waals surface area contributed by atoms with Crippen molar-refractivity contribution in [1.82, 2.24) is 15.3 Å². The molecule has 0 amide bonds. The van der Waals surface area contributed by atoms with Gasteiger partial charge < -0.3 is 16.0 Å². The maximum atomic E-state index is 5.91. The first-order chi connectivity index (χ1) is 9.43. The Morgan fingerprint density at radius 3 is 2.80 bits per heavy atom. The molecule has 1 aromatic rings. The number of nitrogens with zero attached hydrogens (tertiary/aromatic N) is 3. The number of piperidine rings is 1. The second-order valence-electron chi connectivity index (χ2n) is 7.09. The summed E-state index contributed by atoms with van der Waals surface area (Å²) in [5, 5.41) is 3.62. The van der Waals surface area contributed by atoms with Crippen molar-refractivity contribution in [2.45, 2.75) is 45.1 Å². The van der Waals surface area contributed by atoms with E-state index < -0.39 is 0 Å². The number of nitrogen functional groups attached to an aromatic ring is 1. The number of anilines is 2. The lowest BCUT2D eigenvalue weighted by atomic mass is 9.92. The van der Waals surface area contributed by atoms with E-state index in [1.807, 2.05) is 0 Å². The zero-order valence-electron chi connectivity index (χ0n) is 12.7. The summed E-state index contributed by atoms with van der Waals surface area (Å²) in [7, 11) is 0. The van der Waals surface area contributed by atoms with E-state index in [2.05, 4.69) is 47.0 Å². The summed E-state index contributed by atoms with van der Waals surface area (Å²) in [5.41, 5.74) is 6.92. The lowest BCUT2D eigenvalue weighted by Gasteiger charge is -2.24. The van der Waals surface area contributed by atoms with Crippen LogP contribution in [0.25, 0.3) is 0 Å². The summed E-state index contributed by atoms with van der Waals surface area (Å²) in [6.45, 7) is 9.73. The van der Waals surface area contributed by atoms with Crippen molar-refractivity contribution < 1.29 is 0 Å². The molecule has 5 heteroatoms. The number of nitrogens with two attached hydrogens (primary N) is 1. The first-order valence-corrected chi connectivity index (χ1v) is 7.57. The third-order valence-corrected chi connectivity index (χ3v) is 4.42.